The highest BCUT2D eigenvalue weighted by Gasteiger charge is 2.28. The van der Waals surface area contributed by atoms with E-state index < -0.39 is 0 Å². The number of nitrogens with two attached hydrogens (primary N) is 1. The SMILES string of the molecule is Cc1c(-c2ccccc2)nc(Cl)c2c1C(N)=NC2=NC[C@H]1CCCO1. The molecule has 2 aliphatic heterocycles. The Morgan fingerprint density at radius 3 is 2.80 bits per heavy atom. The summed E-state index contributed by atoms with van der Waals surface area (Å²) in [7, 11) is 0. The van der Waals surface area contributed by atoms with E-state index in [0.717, 1.165) is 47.4 Å². The second-order valence-corrected chi connectivity index (χ2v) is 6.65. The summed E-state index contributed by atoms with van der Waals surface area (Å²) in [6.45, 7) is 3.37. The minimum Gasteiger partial charge on any atom is -0.383 e. The normalized spacial score (nSPS) is 20.8. The zero-order valence-corrected chi connectivity index (χ0v) is 14.8. The maximum absolute atomic E-state index is 6.50. The number of aliphatic imine (C=N–C) groups is 2. The summed E-state index contributed by atoms with van der Waals surface area (Å²) in [6.07, 6.45) is 2.27. The molecule has 3 heterocycles. The number of rotatable bonds is 3. The van der Waals surface area contributed by atoms with Gasteiger partial charge in [0, 0.05) is 17.7 Å². The lowest BCUT2D eigenvalue weighted by molar-refractivity contribution is 0.118. The van der Waals surface area contributed by atoms with Gasteiger partial charge in [-0.05, 0) is 25.3 Å². The molecular formula is C19H19ClN4O. The van der Waals surface area contributed by atoms with Crippen LogP contribution in [0.15, 0.2) is 40.3 Å². The lowest BCUT2D eigenvalue weighted by Gasteiger charge is -2.12. The largest absolute Gasteiger partial charge is 0.383 e. The standard InChI is InChI=1S/C19H19ClN4O/c1-11-14-15(17(20)23-16(11)12-6-3-2-4-7-12)19(24-18(14)21)22-10-13-8-5-9-25-13/h2-4,6-7,13H,5,8-10H2,1H3,(H2,21,22,24)/t13-/m1/s1. The Morgan fingerprint density at radius 1 is 1.28 bits per heavy atom. The van der Waals surface area contributed by atoms with Gasteiger partial charge in [0.15, 0.2) is 5.84 Å². The van der Waals surface area contributed by atoms with Crippen LogP contribution in [0.5, 0.6) is 0 Å². The van der Waals surface area contributed by atoms with E-state index in [2.05, 4.69) is 15.0 Å². The van der Waals surface area contributed by atoms with Crippen molar-refractivity contribution in [1.82, 2.24) is 4.98 Å². The van der Waals surface area contributed by atoms with Gasteiger partial charge in [0.2, 0.25) is 0 Å². The van der Waals surface area contributed by atoms with Gasteiger partial charge in [-0.15, -0.1) is 0 Å². The molecule has 0 radical (unpaired) electrons. The summed E-state index contributed by atoms with van der Waals surface area (Å²) in [6, 6.07) is 9.94. The first-order valence-corrected chi connectivity index (χ1v) is 8.79. The van der Waals surface area contributed by atoms with Crippen LogP contribution in [0.25, 0.3) is 11.3 Å². The van der Waals surface area contributed by atoms with Gasteiger partial charge in [-0.1, -0.05) is 41.9 Å². The molecule has 0 spiro atoms. The summed E-state index contributed by atoms with van der Waals surface area (Å²) in [5.41, 5.74) is 10.5. The minimum atomic E-state index is 0.157. The number of pyridine rings is 1. The summed E-state index contributed by atoms with van der Waals surface area (Å²) in [5.74, 6) is 1.00. The Labute approximate surface area is 151 Å². The van der Waals surface area contributed by atoms with Crippen molar-refractivity contribution in [3.63, 3.8) is 0 Å². The molecule has 0 bridgehead atoms. The van der Waals surface area contributed by atoms with Crippen LogP contribution in [-0.2, 0) is 4.74 Å². The predicted molar refractivity (Wildman–Crippen MR) is 101 cm³/mol. The molecule has 128 valence electrons. The Morgan fingerprint density at radius 2 is 2.08 bits per heavy atom. The molecule has 4 rings (SSSR count). The number of fused-ring (bicyclic) bond motifs is 1. The highest BCUT2D eigenvalue weighted by atomic mass is 35.5. The maximum Gasteiger partial charge on any atom is 0.160 e. The van der Waals surface area contributed by atoms with Gasteiger partial charge >= 0.3 is 0 Å². The van der Waals surface area contributed by atoms with E-state index in [0.29, 0.717) is 23.4 Å². The average molecular weight is 355 g/mol. The number of ether oxygens (including phenoxy) is 1. The Kier molecular flexibility index (Phi) is 4.27. The smallest absolute Gasteiger partial charge is 0.160 e. The number of halogens is 1. The molecule has 0 saturated carbocycles. The van der Waals surface area contributed by atoms with Gasteiger partial charge < -0.3 is 10.5 Å². The molecule has 25 heavy (non-hydrogen) atoms. The highest BCUT2D eigenvalue weighted by molar-refractivity contribution is 6.36. The Hall–Kier alpha value is -2.24. The number of amidine groups is 2. The summed E-state index contributed by atoms with van der Waals surface area (Å²) >= 11 is 6.50. The third-order valence-electron chi connectivity index (χ3n) is 4.62. The lowest BCUT2D eigenvalue weighted by atomic mass is 9.99. The molecule has 1 fully saturated rings. The molecule has 5 nitrogen and oxygen atoms in total. The molecular weight excluding hydrogens is 336 g/mol. The molecule has 2 aliphatic rings. The van der Waals surface area contributed by atoms with Gasteiger partial charge in [-0.2, -0.15) is 0 Å². The van der Waals surface area contributed by atoms with Crippen molar-refractivity contribution in [1.29, 1.82) is 0 Å². The Balaban J connectivity index is 1.76. The number of hydrogen-bond donors (Lipinski definition) is 1. The van der Waals surface area contributed by atoms with Crippen LogP contribution in [0.3, 0.4) is 0 Å². The summed E-state index contributed by atoms with van der Waals surface area (Å²) in [5, 5.41) is 0.384. The second-order valence-electron chi connectivity index (χ2n) is 6.29. The third kappa shape index (κ3) is 2.94. The first kappa shape index (κ1) is 16.2. The molecule has 1 saturated heterocycles. The van der Waals surface area contributed by atoms with E-state index >= 15 is 0 Å². The van der Waals surface area contributed by atoms with E-state index in [4.69, 9.17) is 22.1 Å². The first-order valence-electron chi connectivity index (χ1n) is 8.41. The molecule has 0 aliphatic carbocycles. The van der Waals surface area contributed by atoms with Crippen molar-refractivity contribution in [2.24, 2.45) is 15.7 Å². The van der Waals surface area contributed by atoms with E-state index in [9.17, 15) is 0 Å². The Bertz CT molecular complexity index is 871. The molecule has 1 aromatic carbocycles. The molecule has 0 amide bonds. The topological polar surface area (TPSA) is 72.9 Å². The van der Waals surface area contributed by atoms with Crippen molar-refractivity contribution in [3.8, 4) is 11.3 Å². The fourth-order valence-corrected chi connectivity index (χ4v) is 3.63. The summed E-state index contributed by atoms with van der Waals surface area (Å²) in [4.78, 5) is 13.6. The quantitative estimate of drug-likeness (QED) is 0.859. The van der Waals surface area contributed by atoms with Crippen LogP contribution in [0.1, 0.15) is 29.5 Å². The third-order valence-corrected chi connectivity index (χ3v) is 4.89. The molecule has 2 aromatic rings. The van der Waals surface area contributed by atoms with Gasteiger partial charge in [-0.25, -0.2) is 9.98 Å². The van der Waals surface area contributed by atoms with Crippen molar-refractivity contribution in [2.75, 3.05) is 13.2 Å². The first-order chi connectivity index (χ1) is 12.1. The van der Waals surface area contributed by atoms with Crippen molar-refractivity contribution < 1.29 is 4.74 Å². The fraction of sp³-hybridized carbons (Fsp3) is 0.316. The van der Waals surface area contributed by atoms with Crippen LogP contribution >= 0.6 is 11.6 Å². The lowest BCUT2D eigenvalue weighted by Crippen LogP contribution is -2.14. The van der Waals surface area contributed by atoms with Gasteiger partial charge in [0.25, 0.3) is 0 Å². The van der Waals surface area contributed by atoms with Crippen LogP contribution in [0.4, 0.5) is 0 Å². The number of aromatic nitrogens is 1. The van der Waals surface area contributed by atoms with Crippen molar-refractivity contribution in [3.05, 3.63) is 52.2 Å². The van der Waals surface area contributed by atoms with E-state index in [1.807, 2.05) is 37.3 Å². The molecule has 1 aromatic heterocycles. The van der Waals surface area contributed by atoms with Crippen molar-refractivity contribution in [2.45, 2.75) is 25.9 Å². The summed E-state index contributed by atoms with van der Waals surface area (Å²) < 4.78 is 5.62. The second kappa shape index (κ2) is 6.58. The average Bonchev–Trinajstić information content (AvgIpc) is 3.25. The zero-order valence-electron chi connectivity index (χ0n) is 14.0. The van der Waals surface area contributed by atoms with Gasteiger partial charge in [0.1, 0.15) is 11.0 Å². The van der Waals surface area contributed by atoms with Crippen LogP contribution in [-0.4, -0.2) is 35.9 Å². The van der Waals surface area contributed by atoms with E-state index in [1.54, 1.807) is 0 Å². The molecule has 0 unspecified atom stereocenters. The molecule has 6 heteroatoms. The van der Waals surface area contributed by atoms with Gasteiger partial charge in [0.05, 0.1) is 23.9 Å². The zero-order chi connectivity index (χ0) is 17.4. The molecule has 2 N–H and O–H groups in total. The number of hydrogen-bond acceptors (Lipinski definition) is 4. The van der Waals surface area contributed by atoms with Crippen LogP contribution < -0.4 is 5.73 Å². The van der Waals surface area contributed by atoms with Gasteiger partial charge in [-0.3, -0.25) is 4.99 Å². The highest BCUT2D eigenvalue weighted by Crippen LogP contribution is 2.33. The van der Waals surface area contributed by atoms with Crippen molar-refractivity contribution >= 4 is 23.3 Å². The minimum absolute atomic E-state index is 0.157. The van der Waals surface area contributed by atoms with E-state index in [-0.39, 0.29) is 6.10 Å². The number of benzene rings is 1. The maximum atomic E-state index is 6.50. The fourth-order valence-electron chi connectivity index (χ4n) is 3.37. The van der Waals surface area contributed by atoms with Crippen LogP contribution in [0.2, 0.25) is 5.15 Å². The van der Waals surface area contributed by atoms with Crippen LogP contribution in [0, 0.1) is 6.92 Å². The molecule has 1 atom stereocenters. The number of nitrogens with zero attached hydrogens (tertiary/aromatic N) is 3. The van der Waals surface area contributed by atoms with E-state index in [1.165, 1.54) is 0 Å². The monoisotopic (exact) mass is 354 g/mol. The predicted octanol–water partition coefficient (Wildman–Crippen LogP) is 3.35.